The van der Waals surface area contributed by atoms with Crippen LogP contribution in [0.2, 0.25) is 0 Å². The Hall–Kier alpha value is -1.58. The second kappa shape index (κ2) is 4.77. The van der Waals surface area contributed by atoms with E-state index in [2.05, 4.69) is 4.98 Å². The van der Waals surface area contributed by atoms with Crippen molar-refractivity contribution in [1.82, 2.24) is 4.98 Å². The van der Waals surface area contributed by atoms with Crippen LogP contribution in [0.25, 0.3) is 0 Å². The Balaban J connectivity index is 2.97. The van der Waals surface area contributed by atoms with Crippen molar-refractivity contribution in [3.63, 3.8) is 0 Å². The molecule has 82 valence electrons. The predicted molar refractivity (Wildman–Crippen MR) is 58.7 cm³/mol. The second-order valence-electron chi connectivity index (χ2n) is 3.58. The summed E-state index contributed by atoms with van der Waals surface area (Å²) >= 11 is 0. The molecule has 1 rings (SSSR count). The lowest BCUT2D eigenvalue weighted by Crippen LogP contribution is -2.14. The van der Waals surface area contributed by atoms with Crippen LogP contribution in [-0.2, 0) is 9.53 Å². The Bertz CT molecular complexity index is 350. The fraction of sp³-hybridized carbons (Fsp3) is 0.455. The third-order valence-corrected chi connectivity index (χ3v) is 2.09. The molecular formula is C11H16N2O2. The first kappa shape index (κ1) is 11.5. The summed E-state index contributed by atoms with van der Waals surface area (Å²) in [6.45, 7) is 3.24. The first-order chi connectivity index (χ1) is 7.02. The van der Waals surface area contributed by atoms with Gasteiger partial charge in [0.15, 0.2) is 0 Å². The molecule has 0 aromatic carbocycles. The molecule has 0 aliphatic carbocycles. The van der Waals surface area contributed by atoms with E-state index in [4.69, 9.17) is 4.74 Å². The van der Waals surface area contributed by atoms with Crippen molar-refractivity contribution in [3.05, 3.63) is 24.0 Å². The number of hydrogen-bond donors (Lipinski definition) is 0. The van der Waals surface area contributed by atoms with Gasteiger partial charge in [-0.3, -0.25) is 9.78 Å². The van der Waals surface area contributed by atoms with Gasteiger partial charge in [-0.2, -0.15) is 0 Å². The monoisotopic (exact) mass is 208 g/mol. The van der Waals surface area contributed by atoms with Gasteiger partial charge in [0.25, 0.3) is 0 Å². The summed E-state index contributed by atoms with van der Waals surface area (Å²) < 4.78 is 5.12. The topological polar surface area (TPSA) is 42.4 Å². The highest BCUT2D eigenvalue weighted by Gasteiger charge is 2.14. The third-order valence-electron chi connectivity index (χ3n) is 2.09. The Morgan fingerprint density at radius 3 is 2.73 bits per heavy atom. The summed E-state index contributed by atoms with van der Waals surface area (Å²) in [6.07, 6.45) is 3.18. The molecule has 0 aliphatic rings. The van der Waals surface area contributed by atoms with Gasteiger partial charge in [0, 0.05) is 44.7 Å². The first-order valence-electron chi connectivity index (χ1n) is 4.81. The summed E-state index contributed by atoms with van der Waals surface area (Å²) in [4.78, 5) is 16.9. The second-order valence-corrected chi connectivity index (χ2v) is 3.58. The summed E-state index contributed by atoms with van der Waals surface area (Å²) in [5, 5.41) is 0. The maximum Gasteiger partial charge on any atom is 0.303 e. The number of aromatic nitrogens is 1. The van der Waals surface area contributed by atoms with E-state index in [1.54, 1.807) is 12.4 Å². The Labute approximate surface area is 89.9 Å². The van der Waals surface area contributed by atoms with Gasteiger partial charge in [-0.25, -0.2) is 0 Å². The lowest BCUT2D eigenvalue weighted by Gasteiger charge is -2.20. The van der Waals surface area contributed by atoms with E-state index in [0.717, 1.165) is 11.3 Å². The molecular weight excluding hydrogens is 192 g/mol. The Morgan fingerprint density at radius 2 is 2.20 bits per heavy atom. The van der Waals surface area contributed by atoms with Crippen molar-refractivity contribution in [2.45, 2.75) is 20.0 Å². The van der Waals surface area contributed by atoms with Crippen LogP contribution in [0, 0.1) is 0 Å². The SMILES string of the molecule is CC(=O)O[C@@H](C)c1cnccc1N(C)C. The molecule has 0 N–H and O–H groups in total. The van der Waals surface area contributed by atoms with Crippen molar-refractivity contribution in [2.24, 2.45) is 0 Å². The van der Waals surface area contributed by atoms with E-state index in [1.807, 2.05) is 32.0 Å². The van der Waals surface area contributed by atoms with Gasteiger partial charge in [0.2, 0.25) is 0 Å². The molecule has 4 nitrogen and oxygen atoms in total. The van der Waals surface area contributed by atoms with Crippen LogP contribution >= 0.6 is 0 Å². The fourth-order valence-electron chi connectivity index (χ4n) is 1.43. The zero-order valence-corrected chi connectivity index (χ0v) is 9.52. The number of esters is 1. The van der Waals surface area contributed by atoms with E-state index in [-0.39, 0.29) is 12.1 Å². The van der Waals surface area contributed by atoms with Crippen LogP contribution in [0.3, 0.4) is 0 Å². The average molecular weight is 208 g/mol. The third kappa shape index (κ3) is 2.94. The molecule has 0 aliphatic heterocycles. The summed E-state index contributed by atoms with van der Waals surface area (Å²) in [5.74, 6) is -0.281. The van der Waals surface area contributed by atoms with E-state index >= 15 is 0 Å². The van der Waals surface area contributed by atoms with Crippen LogP contribution in [0.4, 0.5) is 5.69 Å². The number of carbonyl (C=O) groups is 1. The van der Waals surface area contributed by atoms with Gasteiger partial charge >= 0.3 is 5.97 Å². The van der Waals surface area contributed by atoms with E-state index < -0.39 is 0 Å². The van der Waals surface area contributed by atoms with Gasteiger partial charge in [0.1, 0.15) is 6.10 Å². The molecule has 0 amide bonds. The number of anilines is 1. The molecule has 0 saturated heterocycles. The van der Waals surface area contributed by atoms with Gasteiger partial charge in [-0.15, -0.1) is 0 Å². The summed E-state index contributed by atoms with van der Waals surface area (Å²) in [5.41, 5.74) is 1.93. The van der Waals surface area contributed by atoms with Crippen molar-refractivity contribution < 1.29 is 9.53 Å². The Morgan fingerprint density at radius 1 is 1.53 bits per heavy atom. The number of ether oxygens (including phenoxy) is 1. The zero-order chi connectivity index (χ0) is 11.4. The van der Waals surface area contributed by atoms with Crippen LogP contribution in [0.15, 0.2) is 18.5 Å². The predicted octanol–water partition coefficient (Wildman–Crippen LogP) is 1.77. The molecule has 0 bridgehead atoms. The standard InChI is InChI=1S/C11H16N2O2/c1-8(15-9(2)14)10-7-12-6-5-11(10)13(3)4/h5-8H,1-4H3/t8-/m0/s1. The molecule has 0 unspecified atom stereocenters. The molecule has 0 fully saturated rings. The van der Waals surface area contributed by atoms with E-state index in [9.17, 15) is 4.79 Å². The molecule has 0 saturated carbocycles. The molecule has 0 spiro atoms. The number of hydrogen-bond acceptors (Lipinski definition) is 4. The van der Waals surface area contributed by atoms with Crippen LogP contribution in [0.5, 0.6) is 0 Å². The minimum Gasteiger partial charge on any atom is -0.458 e. The number of rotatable bonds is 3. The molecule has 1 aromatic heterocycles. The minimum absolute atomic E-state index is 0.270. The van der Waals surface area contributed by atoms with Crippen LogP contribution in [-0.4, -0.2) is 25.0 Å². The van der Waals surface area contributed by atoms with Gasteiger partial charge in [-0.1, -0.05) is 0 Å². The highest BCUT2D eigenvalue weighted by Crippen LogP contribution is 2.25. The zero-order valence-electron chi connectivity index (χ0n) is 9.52. The van der Waals surface area contributed by atoms with Crippen molar-refractivity contribution >= 4 is 11.7 Å². The lowest BCUT2D eigenvalue weighted by atomic mass is 10.1. The van der Waals surface area contributed by atoms with Crippen molar-refractivity contribution in [3.8, 4) is 0 Å². The summed E-state index contributed by atoms with van der Waals surface area (Å²) in [6, 6.07) is 1.90. The minimum atomic E-state index is -0.281. The molecule has 1 aromatic rings. The molecule has 1 atom stereocenters. The fourth-order valence-corrected chi connectivity index (χ4v) is 1.43. The van der Waals surface area contributed by atoms with Gasteiger partial charge in [0.05, 0.1) is 0 Å². The van der Waals surface area contributed by atoms with Crippen molar-refractivity contribution in [2.75, 3.05) is 19.0 Å². The maximum atomic E-state index is 10.9. The van der Waals surface area contributed by atoms with Crippen LogP contribution < -0.4 is 4.90 Å². The van der Waals surface area contributed by atoms with E-state index in [0.29, 0.717) is 0 Å². The average Bonchev–Trinajstić information content (AvgIpc) is 2.16. The normalized spacial score (nSPS) is 12.0. The van der Waals surface area contributed by atoms with Crippen molar-refractivity contribution in [1.29, 1.82) is 0 Å². The molecule has 0 radical (unpaired) electrons. The summed E-state index contributed by atoms with van der Waals surface area (Å²) in [7, 11) is 3.89. The molecule has 4 heteroatoms. The smallest absolute Gasteiger partial charge is 0.303 e. The first-order valence-corrected chi connectivity index (χ1v) is 4.81. The Kier molecular flexibility index (Phi) is 3.66. The number of pyridine rings is 1. The maximum absolute atomic E-state index is 10.9. The largest absolute Gasteiger partial charge is 0.458 e. The highest BCUT2D eigenvalue weighted by molar-refractivity contribution is 5.66. The highest BCUT2D eigenvalue weighted by atomic mass is 16.5. The van der Waals surface area contributed by atoms with Crippen LogP contribution in [0.1, 0.15) is 25.5 Å². The molecule has 1 heterocycles. The van der Waals surface area contributed by atoms with Gasteiger partial charge in [-0.05, 0) is 13.0 Å². The van der Waals surface area contributed by atoms with E-state index in [1.165, 1.54) is 6.92 Å². The quantitative estimate of drug-likeness (QED) is 0.710. The molecule has 15 heavy (non-hydrogen) atoms. The van der Waals surface area contributed by atoms with Gasteiger partial charge < -0.3 is 9.64 Å². The lowest BCUT2D eigenvalue weighted by molar-refractivity contribution is -0.145. The number of carbonyl (C=O) groups excluding carboxylic acids is 1. The number of nitrogens with zero attached hydrogens (tertiary/aromatic N) is 2.